The van der Waals surface area contributed by atoms with Crippen molar-refractivity contribution in [2.75, 3.05) is 11.4 Å². The summed E-state index contributed by atoms with van der Waals surface area (Å²) >= 11 is 0. The summed E-state index contributed by atoms with van der Waals surface area (Å²) in [6, 6.07) is 5.66. The van der Waals surface area contributed by atoms with E-state index in [-0.39, 0.29) is 0 Å². The molecule has 1 aromatic rings. The smallest absolute Gasteiger partial charge is 0.133 e. The number of anilines is 1. The van der Waals surface area contributed by atoms with Crippen molar-refractivity contribution in [1.29, 1.82) is 0 Å². The maximum absolute atomic E-state index is 4.67. The molecule has 3 rings (SSSR count). The SMILES string of the molecule is CC1CCC(C)N(c2ncccc2CNC2CC2)C1. The van der Waals surface area contributed by atoms with Gasteiger partial charge in [0.2, 0.25) is 0 Å². The van der Waals surface area contributed by atoms with Crippen LogP contribution in [0.4, 0.5) is 5.82 Å². The Morgan fingerprint density at radius 3 is 2.89 bits per heavy atom. The van der Waals surface area contributed by atoms with Gasteiger partial charge in [0.25, 0.3) is 0 Å². The standard InChI is InChI=1S/C16H25N3/c1-12-5-6-13(2)19(11-12)16-14(4-3-9-17-16)10-18-15-7-8-15/h3-4,9,12-13,15,18H,5-8,10-11H2,1-2H3. The topological polar surface area (TPSA) is 28.2 Å². The van der Waals surface area contributed by atoms with Crippen LogP contribution in [0.3, 0.4) is 0 Å². The van der Waals surface area contributed by atoms with Crippen LogP contribution in [0, 0.1) is 5.92 Å². The minimum absolute atomic E-state index is 0.616. The highest BCUT2D eigenvalue weighted by atomic mass is 15.2. The third-order valence-electron chi connectivity index (χ3n) is 4.42. The van der Waals surface area contributed by atoms with E-state index in [0.717, 1.165) is 25.0 Å². The maximum atomic E-state index is 4.67. The van der Waals surface area contributed by atoms with Gasteiger partial charge in [-0.3, -0.25) is 0 Å². The van der Waals surface area contributed by atoms with Crippen LogP contribution in [0.15, 0.2) is 18.3 Å². The molecule has 1 saturated heterocycles. The Hall–Kier alpha value is -1.09. The highest BCUT2D eigenvalue weighted by Gasteiger charge is 2.26. The molecule has 0 spiro atoms. The fraction of sp³-hybridized carbons (Fsp3) is 0.688. The lowest BCUT2D eigenvalue weighted by Gasteiger charge is -2.38. The van der Waals surface area contributed by atoms with E-state index in [0.29, 0.717) is 6.04 Å². The van der Waals surface area contributed by atoms with E-state index in [2.05, 4.69) is 41.2 Å². The summed E-state index contributed by atoms with van der Waals surface area (Å²) in [5.41, 5.74) is 1.36. The van der Waals surface area contributed by atoms with Gasteiger partial charge in [-0.15, -0.1) is 0 Å². The van der Waals surface area contributed by atoms with Crippen LogP contribution in [0.5, 0.6) is 0 Å². The Morgan fingerprint density at radius 1 is 1.26 bits per heavy atom. The molecule has 0 aromatic carbocycles. The van der Waals surface area contributed by atoms with Gasteiger partial charge >= 0.3 is 0 Å². The molecule has 1 aliphatic carbocycles. The maximum Gasteiger partial charge on any atom is 0.133 e. The molecule has 2 aliphatic rings. The summed E-state index contributed by atoms with van der Waals surface area (Å²) in [5.74, 6) is 1.98. The second-order valence-corrected chi connectivity index (χ2v) is 6.33. The lowest BCUT2D eigenvalue weighted by Crippen LogP contribution is -2.42. The van der Waals surface area contributed by atoms with Crippen molar-refractivity contribution in [2.45, 2.75) is 58.2 Å². The number of rotatable bonds is 4. The van der Waals surface area contributed by atoms with Gasteiger partial charge in [0.05, 0.1) is 0 Å². The van der Waals surface area contributed by atoms with E-state index >= 15 is 0 Å². The normalized spacial score (nSPS) is 27.6. The van der Waals surface area contributed by atoms with Crippen LogP contribution in [-0.2, 0) is 6.54 Å². The second kappa shape index (κ2) is 5.49. The van der Waals surface area contributed by atoms with Gasteiger partial charge in [0.1, 0.15) is 5.82 Å². The first kappa shape index (κ1) is 12.9. The first-order valence-electron chi connectivity index (χ1n) is 7.68. The Kier molecular flexibility index (Phi) is 3.74. The molecule has 3 nitrogen and oxygen atoms in total. The third kappa shape index (κ3) is 3.08. The zero-order chi connectivity index (χ0) is 13.2. The van der Waals surface area contributed by atoms with Gasteiger partial charge in [-0.05, 0) is 44.6 Å². The molecule has 2 fully saturated rings. The quantitative estimate of drug-likeness (QED) is 0.901. The molecule has 1 N–H and O–H groups in total. The molecular formula is C16H25N3. The number of hydrogen-bond donors (Lipinski definition) is 1. The van der Waals surface area contributed by atoms with E-state index in [1.165, 1.54) is 37.1 Å². The van der Waals surface area contributed by atoms with E-state index in [9.17, 15) is 0 Å². The molecule has 1 aromatic heterocycles. The van der Waals surface area contributed by atoms with Crippen LogP contribution < -0.4 is 10.2 Å². The lowest BCUT2D eigenvalue weighted by molar-refractivity contribution is 0.387. The fourth-order valence-corrected chi connectivity index (χ4v) is 2.95. The molecule has 1 aliphatic heterocycles. The summed E-state index contributed by atoms with van der Waals surface area (Å²) < 4.78 is 0. The van der Waals surface area contributed by atoms with Crippen LogP contribution in [0.2, 0.25) is 0 Å². The Balaban J connectivity index is 1.77. The Morgan fingerprint density at radius 2 is 2.11 bits per heavy atom. The summed E-state index contributed by atoms with van der Waals surface area (Å²) in [4.78, 5) is 7.18. The molecule has 2 atom stereocenters. The van der Waals surface area contributed by atoms with Crippen molar-refractivity contribution in [1.82, 2.24) is 10.3 Å². The molecule has 3 heteroatoms. The van der Waals surface area contributed by atoms with Crippen molar-refractivity contribution >= 4 is 5.82 Å². The van der Waals surface area contributed by atoms with Crippen molar-refractivity contribution in [3.63, 3.8) is 0 Å². The van der Waals surface area contributed by atoms with Gasteiger partial charge < -0.3 is 10.2 Å². The number of nitrogens with zero attached hydrogens (tertiary/aromatic N) is 2. The van der Waals surface area contributed by atoms with E-state index < -0.39 is 0 Å². The summed E-state index contributed by atoms with van der Waals surface area (Å²) in [6.45, 7) is 6.79. The highest BCUT2D eigenvalue weighted by Crippen LogP contribution is 2.29. The lowest BCUT2D eigenvalue weighted by atomic mass is 9.94. The minimum Gasteiger partial charge on any atom is -0.353 e. The molecule has 19 heavy (non-hydrogen) atoms. The Bertz CT molecular complexity index is 428. The van der Waals surface area contributed by atoms with Crippen LogP contribution in [0.1, 0.15) is 45.1 Å². The zero-order valence-corrected chi connectivity index (χ0v) is 12.1. The van der Waals surface area contributed by atoms with Crippen LogP contribution >= 0.6 is 0 Å². The molecule has 0 radical (unpaired) electrons. The predicted octanol–water partition coefficient (Wildman–Crippen LogP) is 2.96. The van der Waals surface area contributed by atoms with Crippen LogP contribution in [-0.4, -0.2) is 23.6 Å². The first-order valence-corrected chi connectivity index (χ1v) is 7.68. The molecular weight excluding hydrogens is 234 g/mol. The molecule has 104 valence electrons. The summed E-state index contributed by atoms with van der Waals surface area (Å²) in [5, 5.41) is 3.61. The molecule has 2 heterocycles. The summed E-state index contributed by atoms with van der Waals surface area (Å²) in [7, 11) is 0. The Labute approximate surface area is 116 Å². The van der Waals surface area contributed by atoms with Gasteiger partial charge in [0, 0.05) is 36.9 Å². The second-order valence-electron chi connectivity index (χ2n) is 6.33. The monoisotopic (exact) mass is 259 g/mol. The van der Waals surface area contributed by atoms with E-state index in [4.69, 9.17) is 0 Å². The van der Waals surface area contributed by atoms with Crippen molar-refractivity contribution in [3.8, 4) is 0 Å². The van der Waals surface area contributed by atoms with Gasteiger partial charge in [-0.1, -0.05) is 13.0 Å². The average molecular weight is 259 g/mol. The molecule has 0 bridgehead atoms. The van der Waals surface area contributed by atoms with Gasteiger partial charge in [-0.2, -0.15) is 0 Å². The van der Waals surface area contributed by atoms with E-state index in [1.807, 2.05) is 6.20 Å². The zero-order valence-electron chi connectivity index (χ0n) is 12.1. The van der Waals surface area contributed by atoms with Gasteiger partial charge in [0.15, 0.2) is 0 Å². The number of hydrogen-bond acceptors (Lipinski definition) is 3. The van der Waals surface area contributed by atoms with Crippen molar-refractivity contribution < 1.29 is 0 Å². The number of pyridine rings is 1. The first-order chi connectivity index (χ1) is 9.24. The minimum atomic E-state index is 0.616. The largest absolute Gasteiger partial charge is 0.353 e. The summed E-state index contributed by atoms with van der Waals surface area (Å²) in [6.07, 6.45) is 7.24. The van der Waals surface area contributed by atoms with Crippen LogP contribution in [0.25, 0.3) is 0 Å². The number of piperidine rings is 1. The number of aromatic nitrogens is 1. The molecule has 1 saturated carbocycles. The van der Waals surface area contributed by atoms with E-state index in [1.54, 1.807) is 0 Å². The average Bonchev–Trinajstić information content (AvgIpc) is 3.24. The van der Waals surface area contributed by atoms with Crippen molar-refractivity contribution in [2.24, 2.45) is 5.92 Å². The number of nitrogens with one attached hydrogen (secondary N) is 1. The highest BCUT2D eigenvalue weighted by molar-refractivity contribution is 5.48. The predicted molar refractivity (Wildman–Crippen MR) is 79.3 cm³/mol. The van der Waals surface area contributed by atoms with Gasteiger partial charge in [-0.25, -0.2) is 4.98 Å². The third-order valence-corrected chi connectivity index (χ3v) is 4.42. The fourth-order valence-electron chi connectivity index (χ4n) is 2.95. The molecule has 2 unspecified atom stereocenters. The van der Waals surface area contributed by atoms with Crippen molar-refractivity contribution in [3.05, 3.63) is 23.9 Å². The molecule has 0 amide bonds.